The van der Waals surface area contributed by atoms with Crippen LogP contribution >= 0.6 is 0 Å². The zero-order chi connectivity index (χ0) is 12.3. The van der Waals surface area contributed by atoms with Crippen LogP contribution in [0.3, 0.4) is 0 Å². The lowest BCUT2D eigenvalue weighted by Gasteiger charge is -2.44. The molecule has 2 rings (SSSR count). The summed E-state index contributed by atoms with van der Waals surface area (Å²) in [6.07, 6.45) is 6.47. The van der Waals surface area contributed by atoms with Gasteiger partial charge in [0.25, 0.3) is 0 Å². The standard InChI is InChI=1S/C14H25NO2/c1-11(2)14(16)17-10-12-6-5-9-15-8-4-3-7-13(12)15/h11-13H,3-10H2,1-2H3/t12-,13-/m0/s1. The molecule has 0 spiro atoms. The number of rotatable bonds is 3. The first-order chi connectivity index (χ1) is 8.18. The molecule has 2 heterocycles. The second kappa shape index (κ2) is 5.85. The van der Waals surface area contributed by atoms with Crippen molar-refractivity contribution in [3.63, 3.8) is 0 Å². The molecule has 0 bridgehead atoms. The minimum atomic E-state index is -0.0436. The number of carbonyl (C=O) groups is 1. The lowest BCUT2D eigenvalue weighted by atomic mass is 9.84. The van der Waals surface area contributed by atoms with Crippen LogP contribution in [0.4, 0.5) is 0 Å². The summed E-state index contributed by atoms with van der Waals surface area (Å²) in [5.74, 6) is 0.533. The van der Waals surface area contributed by atoms with Gasteiger partial charge in [-0.1, -0.05) is 20.3 Å². The third-order valence-electron chi connectivity index (χ3n) is 4.14. The molecule has 2 fully saturated rings. The molecule has 0 aliphatic carbocycles. The van der Waals surface area contributed by atoms with Crippen LogP contribution in [0, 0.1) is 11.8 Å². The number of nitrogens with zero attached hydrogens (tertiary/aromatic N) is 1. The minimum Gasteiger partial charge on any atom is -0.465 e. The van der Waals surface area contributed by atoms with Crippen molar-refractivity contribution in [2.24, 2.45) is 11.8 Å². The highest BCUT2D eigenvalue weighted by Crippen LogP contribution is 2.31. The van der Waals surface area contributed by atoms with Gasteiger partial charge in [-0.05, 0) is 38.8 Å². The highest BCUT2D eigenvalue weighted by Gasteiger charge is 2.33. The number of hydrogen-bond acceptors (Lipinski definition) is 3. The molecule has 2 atom stereocenters. The lowest BCUT2D eigenvalue weighted by molar-refractivity contribution is -0.150. The Balaban J connectivity index is 1.84. The number of fused-ring (bicyclic) bond motifs is 1. The van der Waals surface area contributed by atoms with Gasteiger partial charge in [-0.15, -0.1) is 0 Å². The molecule has 0 radical (unpaired) electrons. The lowest BCUT2D eigenvalue weighted by Crippen LogP contribution is -2.49. The second-order valence-electron chi connectivity index (χ2n) is 5.79. The van der Waals surface area contributed by atoms with E-state index in [1.54, 1.807) is 0 Å². The highest BCUT2D eigenvalue weighted by molar-refractivity contribution is 5.71. The Labute approximate surface area is 105 Å². The maximum Gasteiger partial charge on any atom is 0.308 e. The van der Waals surface area contributed by atoms with Gasteiger partial charge < -0.3 is 4.74 Å². The first kappa shape index (κ1) is 12.9. The maximum absolute atomic E-state index is 11.5. The molecule has 2 saturated heterocycles. The van der Waals surface area contributed by atoms with E-state index in [-0.39, 0.29) is 11.9 Å². The molecule has 2 aliphatic rings. The van der Waals surface area contributed by atoms with E-state index >= 15 is 0 Å². The van der Waals surface area contributed by atoms with Gasteiger partial charge in [-0.25, -0.2) is 0 Å². The van der Waals surface area contributed by atoms with Crippen LogP contribution < -0.4 is 0 Å². The average Bonchev–Trinajstić information content (AvgIpc) is 2.35. The van der Waals surface area contributed by atoms with Crippen molar-refractivity contribution < 1.29 is 9.53 Å². The molecule has 3 nitrogen and oxygen atoms in total. The van der Waals surface area contributed by atoms with Crippen molar-refractivity contribution in [1.82, 2.24) is 4.90 Å². The summed E-state index contributed by atoms with van der Waals surface area (Å²) >= 11 is 0. The average molecular weight is 239 g/mol. The van der Waals surface area contributed by atoms with Gasteiger partial charge in [0.1, 0.15) is 0 Å². The number of esters is 1. The molecule has 17 heavy (non-hydrogen) atoms. The first-order valence-corrected chi connectivity index (χ1v) is 7.09. The fourth-order valence-corrected chi connectivity index (χ4v) is 3.13. The van der Waals surface area contributed by atoms with Crippen LogP contribution in [-0.2, 0) is 9.53 Å². The quantitative estimate of drug-likeness (QED) is 0.709. The molecule has 0 unspecified atom stereocenters. The van der Waals surface area contributed by atoms with Gasteiger partial charge in [0, 0.05) is 12.0 Å². The number of piperidine rings is 2. The number of carbonyl (C=O) groups excluding carboxylic acids is 1. The summed E-state index contributed by atoms with van der Waals surface area (Å²) in [5, 5.41) is 0. The Hall–Kier alpha value is -0.570. The zero-order valence-corrected chi connectivity index (χ0v) is 11.2. The van der Waals surface area contributed by atoms with Crippen LogP contribution in [0.15, 0.2) is 0 Å². The van der Waals surface area contributed by atoms with E-state index in [4.69, 9.17) is 4.74 Å². The molecule has 0 N–H and O–H groups in total. The Morgan fingerprint density at radius 3 is 2.76 bits per heavy atom. The Morgan fingerprint density at radius 1 is 1.24 bits per heavy atom. The van der Waals surface area contributed by atoms with Crippen molar-refractivity contribution in [3.05, 3.63) is 0 Å². The highest BCUT2D eigenvalue weighted by atomic mass is 16.5. The molecule has 0 saturated carbocycles. The Kier molecular flexibility index (Phi) is 4.43. The van der Waals surface area contributed by atoms with E-state index in [1.165, 1.54) is 45.2 Å². The van der Waals surface area contributed by atoms with Gasteiger partial charge in [0.2, 0.25) is 0 Å². The first-order valence-electron chi connectivity index (χ1n) is 7.09. The topological polar surface area (TPSA) is 29.5 Å². The molecule has 98 valence electrons. The Bertz CT molecular complexity index is 263. The molecule has 0 aromatic carbocycles. The predicted octanol–water partition coefficient (Wildman–Crippen LogP) is 2.45. The van der Waals surface area contributed by atoms with E-state index in [2.05, 4.69) is 4.90 Å². The van der Waals surface area contributed by atoms with Gasteiger partial charge in [-0.2, -0.15) is 0 Å². The fourth-order valence-electron chi connectivity index (χ4n) is 3.13. The van der Waals surface area contributed by atoms with Crippen molar-refractivity contribution >= 4 is 5.97 Å². The van der Waals surface area contributed by atoms with Crippen LogP contribution in [0.5, 0.6) is 0 Å². The molecule has 0 amide bonds. The smallest absolute Gasteiger partial charge is 0.308 e. The normalized spacial score (nSPS) is 30.1. The number of hydrogen-bond donors (Lipinski definition) is 0. The van der Waals surface area contributed by atoms with Gasteiger partial charge in [-0.3, -0.25) is 9.69 Å². The SMILES string of the molecule is CC(C)C(=O)OC[C@@H]1CCCN2CCCC[C@@H]12. The molecule has 0 aromatic rings. The van der Waals surface area contributed by atoms with Crippen LogP contribution in [0.2, 0.25) is 0 Å². The summed E-state index contributed by atoms with van der Waals surface area (Å²) in [4.78, 5) is 14.1. The van der Waals surface area contributed by atoms with Crippen molar-refractivity contribution in [2.45, 2.75) is 52.0 Å². The predicted molar refractivity (Wildman–Crippen MR) is 67.7 cm³/mol. The van der Waals surface area contributed by atoms with Crippen molar-refractivity contribution in [3.8, 4) is 0 Å². The van der Waals surface area contributed by atoms with Gasteiger partial charge >= 0.3 is 5.97 Å². The molecular formula is C14H25NO2. The van der Waals surface area contributed by atoms with E-state index in [9.17, 15) is 4.79 Å². The van der Waals surface area contributed by atoms with E-state index < -0.39 is 0 Å². The molecule has 2 aliphatic heterocycles. The summed E-state index contributed by atoms with van der Waals surface area (Å²) < 4.78 is 5.43. The van der Waals surface area contributed by atoms with E-state index in [1.807, 2.05) is 13.8 Å². The largest absolute Gasteiger partial charge is 0.465 e. The third kappa shape index (κ3) is 3.21. The Morgan fingerprint density at radius 2 is 2.00 bits per heavy atom. The van der Waals surface area contributed by atoms with Crippen LogP contribution in [0.1, 0.15) is 46.0 Å². The molecular weight excluding hydrogens is 214 g/mol. The summed E-state index contributed by atoms with van der Waals surface area (Å²) in [7, 11) is 0. The zero-order valence-electron chi connectivity index (χ0n) is 11.2. The maximum atomic E-state index is 11.5. The van der Waals surface area contributed by atoms with E-state index in [0.717, 1.165) is 0 Å². The van der Waals surface area contributed by atoms with E-state index in [0.29, 0.717) is 18.6 Å². The van der Waals surface area contributed by atoms with Crippen LogP contribution in [0.25, 0.3) is 0 Å². The summed E-state index contributed by atoms with van der Waals surface area (Å²) in [6.45, 7) is 6.93. The van der Waals surface area contributed by atoms with Gasteiger partial charge in [0.15, 0.2) is 0 Å². The van der Waals surface area contributed by atoms with Crippen molar-refractivity contribution in [2.75, 3.05) is 19.7 Å². The summed E-state index contributed by atoms with van der Waals surface area (Å²) in [5.41, 5.74) is 0. The molecule has 3 heteroatoms. The number of ether oxygens (including phenoxy) is 1. The summed E-state index contributed by atoms with van der Waals surface area (Å²) in [6, 6.07) is 0.678. The second-order valence-corrected chi connectivity index (χ2v) is 5.79. The fraction of sp³-hybridized carbons (Fsp3) is 0.929. The van der Waals surface area contributed by atoms with Crippen molar-refractivity contribution in [1.29, 1.82) is 0 Å². The minimum absolute atomic E-state index is 0.000972. The van der Waals surface area contributed by atoms with Gasteiger partial charge in [0.05, 0.1) is 12.5 Å². The third-order valence-corrected chi connectivity index (χ3v) is 4.14. The monoisotopic (exact) mass is 239 g/mol. The molecule has 0 aromatic heterocycles. The van der Waals surface area contributed by atoms with Crippen LogP contribution in [-0.4, -0.2) is 36.6 Å².